The third-order valence-electron chi connectivity index (χ3n) is 2.73. The van der Waals surface area contributed by atoms with Crippen molar-refractivity contribution in [3.63, 3.8) is 0 Å². The van der Waals surface area contributed by atoms with Gasteiger partial charge in [-0.25, -0.2) is 0 Å². The highest BCUT2D eigenvalue weighted by Crippen LogP contribution is 2.09. The van der Waals surface area contributed by atoms with Crippen molar-refractivity contribution in [2.24, 2.45) is 0 Å². The van der Waals surface area contributed by atoms with E-state index in [-0.39, 0.29) is 5.91 Å². The smallest absolute Gasteiger partial charge is 0.221 e. The summed E-state index contributed by atoms with van der Waals surface area (Å²) in [5.74, 6) is 0.942. The number of benzene rings is 1. The van der Waals surface area contributed by atoms with Crippen LogP contribution in [0.15, 0.2) is 47.1 Å². The quantitative estimate of drug-likeness (QED) is 0.783. The van der Waals surface area contributed by atoms with Crippen molar-refractivity contribution in [3.8, 4) is 0 Å². The van der Waals surface area contributed by atoms with Gasteiger partial charge in [0.25, 0.3) is 0 Å². The number of amides is 1. The first-order valence-corrected chi connectivity index (χ1v) is 6.33. The van der Waals surface area contributed by atoms with Crippen LogP contribution in [0.2, 0.25) is 0 Å². The Balaban J connectivity index is 1.72. The third kappa shape index (κ3) is 4.60. The van der Waals surface area contributed by atoms with Gasteiger partial charge in [0.2, 0.25) is 5.91 Å². The van der Waals surface area contributed by atoms with Crippen LogP contribution < -0.4 is 10.6 Å². The predicted molar refractivity (Wildman–Crippen MR) is 74.9 cm³/mol. The van der Waals surface area contributed by atoms with Crippen molar-refractivity contribution < 1.29 is 9.21 Å². The van der Waals surface area contributed by atoms with Crippen LogP contribution in [0, 0.1) is 0 Å². The monoisotopic (exact) mass is 258 g/mol. The summed E-state index contributed by atoms with van der Waals surface area (Å²) in [6, 6.07) is 11.7. The van der Waals surface area contributed by atoms with E-state index in [1.54, 1.807) is 6.26 Å². The molecule has 0 atom stereocenters. The molecule has 0 unspecified atom stereocenters. The van der Waals surface area contributed by atoms with E-state index in [0.29, 0.717) is 0 Å². The van der Waals surface area contributed by atoms with Gasteiger partial charge in [0.1, 0.15) is 5.76 Å². The summed E-state index contributed by atoms with van der Waals surface area (Å²) < 4.78 is 5.26. The number of furan rings is 1. The van der Waals surface area contributed by atoms with E-state index >= 15 is 0 Å². The molecule has 1 amide bonds. The molecule has 0 aliphatic rings. The minimum atomic E-state index is -0.0516. The maximum atomic E-state index is 10.9. The van der Waals surface area contributed by atoms with Gasteiger partial charge in [-0.3, -0.25) is 4.79 Å². The fraction of sp³-hybridized carbons (Fsp3) is 0.267. The molecule has 19 heavy (non-hydrogen) atoms. The second-order valence-electron chi connectivity index (χ2n) is 4.38. The van der Waals surface area contributed by atoms with Crippen LogP contribution in [0.4, 0.5) is 5.69 Å². The number of anilines is 1. The Kier molecular flexibility index (Phi) is 4.75. The van der Waals surface area contributed by atoms with Gasteiger partial charge in [-0.05, 0) is 29.8 Å². The van der Waals surface area contributed by atoms with Gasteiger partial charge in [-0.1, -0.05) is 12.1 Å². The average molecular weight is 258 g/mol. The summed E-state index contributed by atoms with van der Waals surface area (Å²) >= 11 is 0. The van der Waals surface area contributed by atoms with Gasteiger partial charge in [0.15, 0.2) is 0 Å². The molecule has 0 aliphatic heterocycles. The number of carbonyl (C=O) groups is 1. The van der Waals surface area contributed by atoms with E-state index in [1.165, 1.54) is 12.5 Å². The van der Waals surface area contributed by atoms with Crippen molar-refractivity contribution in [2.45, 2.75) is 19.9 Å². The van der Waals surface area contributed by atoms with Crippen LogP contribution in [0.5, 0.6) is 0 Å². The zero-order valence-electron chi connectivity index (χ0n) is 11.0. The van der Waals surface area contributed by atoms with Crippen molar-refractivity contribution in [3.05, 3.63) is 54.0 Å². The number of hydrogen-bond acceptors (Lipinski definition) is 3. The summed E-state index contributed by atoms with van der Waals surface area (Å²) in [6.07, 6.45) is 2.58. The first kappa shape index (κ1) is 13.4. The van der Waals surface area contributed by atoms with Crippen LogP contribution in [-0.4, -0.2) is 12.5 Å². The summed E-state index contributed by atoms with van der Waals surface area (Å²) in [5.41, 5.74) is 2.01. The fourth-order valence-corrected chi connectivity index (χ4v) is 1.81. The second kappa shape index (κ2) is 6.75. The zero-order valence-corrected chi connectivity index (χ0v) is 11.0. The number of hydrogen-bond donors (Lipinski definition) is 2. The van der Waals surface area contributed by atoms with Crippen molar-refractivity contribution in [1.82, 2.24) is 5.32 Å². The SMILES string of the molecule is CC(=O)Nc1ccc(CNCCc2ccco2)cc1. The summed E-state index contributed by atoms with van der Waals surface area (Å²) in [7, 11) is 0. The van der Waals surface area contributed by atoms with Crippen molar-refractivity contribution >= 4 is 11.6 Å². The molecule has 4 nitrogen and oxygen atoms in total. The van der Waals surface area contributed by atoms with Gasteiger partial charge < -0.3 is 15.1 Å². The molecular formula is C15H18N2O2. The van der Waals surface area contributed by atoms with E-state index in [1.807, 2.05) is 36.4 Å². The molecule has 4 heteroatoms. The Labute approximate surface area is 112 Å². The highest BCUT2D eigenvalue weighted by molar-refractivity contribution is 5.88. The Morgan fingerprint density at radius 3 is 2.63 bits per heavy atom. The minimum absolute atomic E-state index is 0.0516. The average Bonchev–Trinajstić information content (AvgIpc) is 2.89. The molecule has 0 saturated heterocycles. The first-order valence-electron chi connectivity index (χ1n) is 6.33. The van der Waals surface area contributed by atoms with E-state index in [0.717, 1.165) is 31.0 Å². The summed E-state index contributed by atoms with van der Waals surface area (Å²) in [5, 5.41) is 6.10. The normalized spacial score (nSPS) is 10.4. The van der Waals surface area contributed by atoms with Crippen LogP contribution in [0.3, 0.4) is 0 Å². The van der Waals surface area contributed by atoms with Gasteiger partial charge in [0, 0.05) is 32.1 Å². The molecule has 0 aliphatic carbocycles. The van der Waals surface area contributed by atoms with Crippen LogP contribution in [0.25, 0.3) is 0 Å². The van der Waals surface area contributed by atoms with Gasteiger partial charge in [-0.15, -0.1) is 0 Å². The molecule has 1 aromatic carbocycles. The highest BCUT2D eigenvalue weighted by Gasteiger charge is 1.98. The van der Waals surface area contributed by atoms with E-state index < -0.39 is 0 Å². The van der Waals surface area contributed by atoms with Crippen LogP contribution in [0.1, 0.15) is 18.2 Å². The Morgan fingerprint density at radius 2 is 2.00 bits per heavy atom. The lowest BCUT2D eigenvalue weighted by molar-refractivity contribution is -0.114. The number of carbonyl (C=O) groups excluding carboxylic acids is 1. The Morgan fingerprint density at radius 1 is 1.21 bits per heavy atom. The molecule has 0 radical (unpaired) electrons. The third-order valence-corrected chi connectivity index (χ3v) is 2.73. The Bertz CT molecular complexity index is 503. The molecule has 0 fully saturated rings. The lowest BCUT2D eigenvalue weighted by atomic mass is 10.2. The van der Waals surface area contributed by atoms with Crippen LogP contribution >= 0.6 is 0 Å². The van der Waals surface area contributed by atoms with Crippen molar-refractivity contribution in [1.29, 1.82) is 0 Å². The van der Waals surface area contributed by atoms with E-state index in [2.05, 4.69) is 10.6 Å². The molecular weight excluding hydrogens is 240 g/mol. The maximum Gasteiger partial charge on any atom is 0.221 e. The van der Waals surface area contributed by atoms with E-state index in [4.69, 9.17) is 4.42 Å². The van der Waals surface area contributed by atoms with Gasteiger partial charge >= 0.3 is 0 Å². The predicted octanol–water partition coefficient (Wildman–Crippen LogP) is 2.57. The second-order valence-corrected chi connectivity index (χ2v) is 4.38. The van der Waals surface area contributed by atoms with E-state index in [9.17, 15) is 4.79 Å². The van der Waals surface area contributed by atoms with Crippen LogP contribution in [-0.2, 0) is 17.8 Å². The summed E-state index contributed by atoms with van der Waals surface area (Å²) in [6.45, 7) is 3.19. The minimum Gasteiger partial charge on any atom is -0.469 e. The fourth-order valence-electron chi connectivity index (χ4n) is 1.81. The van der Waals surface area contributed by atoms with Gasteiger partial charge in [0.05, 0.1) is 6.26 Å². The molecule has 0 saturated carbocycles. The molecule has 0 spiro atoms. The lowest BCUT2D eigenvalue weighted by Gasteiger charge is -2.06. The molecule has 2 N–H and O–H groups in total. The summed E-state index contributed by atoms with van der Waals surface area (Å²) in [4.78, 5) is 10.9. The molecule has 1 heterocycles. The lowest BCUT2D eigenvalue weighted by Crippen LogP contribution is -2.16. The maximum absolute atomic E-state index is 10.9. The van der Waals surface area contributed by atoms with Crippen molar-refractivity contribution in [2.75, 3.05) is 11.9 Å². The number of nitrogens with one attached hydrogen (secondary N) is 2. The number of rotatable bonds is 6. The Hall–Kier alpha value is -2.07. The molecule has 1 aromatic heterocycles. The standard InChI is InChI=1S/C15H18N2O2/c1-12(18)17-14-6-4-13(5-7-14)11-16-9-8-15-3-2-10-19-15/h2-7,10,16H,8-9,11H2,1H3,(H,17,18). The molecule has 2 aromatic rings. The first-order chi connectivity index (χ1) is 9.24. The molecule has 0 bridgehead atoms. The topological polar surface area (TPSA) is 54.3 Å². The molecule has 100 valence electrons. The van der Waals surface area contributed by atoms with Gasteiger partial charge in [-0.2, -0.15) is 0 Å². The highest BCUT2D eigenvalue weighted by atomic mass is 16.3. The zero-order chi connectivity index (χ0) is 13.5. The molecule has 2 rings (SSSR count). The largest absolute Gasteiger partial charge is 0.469 e.